The van der Waals surface area contributed by atoms with Crippen LogP contribution in [0.5, 0.6) is 0 Å². The molecule has 0 aliphatic carbocycles. The minimum Gasteiger partial charge on any atom is -0.383 e. The maximum atomic E-state index is 10.8. The molecular formula is C13H18N4O2. The van der Waals surface area contributed by atoms with E-state index in [-0.39, 0.29) is 11.7 Å². The maximum absolute atomic E-state index is 10.8. The van der Waals surface area contributed by atoms with Crippen molar-refractivity contribution >= 4 is 11.4 Å². The van der Waals surface area contributed by atoms with Gasteiger partial charge in [-0.15, -0.1) is 0 Å². The van der Waals surface area contributed by atoms with E-state index in [1.807, 2.05) is 18.9 Å². The number of nitrogens with zero attached hydrogens (tertiary/aromatic N) is 3. The van der Waals surface area contributed by atoms with Crippen molar-refractivity contribution in [2.24, 2.45) is 0 Å². The van der Waals surface area contributed by atoms with Crippen LogP contribution in [0.1, 0.15) is 18.9 Å². The molecule has 0 fully saturated rings. The second-order valence-corrected chi connectivity index (χ2v) is 4.48. The van der Waals surface area contributed by atoms with Crippen LogP contribution in [0, 0.1) is 21.4 Å². The molecule has 6 nitrogen and oxygen atoms in total. The van der Waals surface area contributed by atoms with Crippen molar-refractivity contribution in [3.63, 3.8) is 0 Å². The van der Waals surface area contributed by atoms with Gasteiger partial charge in [0.25, 0.3) is 5.69 Å². The normalized spacial score (nSPS) is 11.9. The van der Waals surface area contributed by atoms with Gasteiger partial charge >= 0.3 is 0 Å². The summed E-state index contributed by atoms with van der Waals surface area (Å²) in [7, 11) is 3.59. The van der Waals surface area contributed by atoms with Gasteiger partial charge in [-0.05, 0) is 25.6 Å². The van der Waals surface area contributed by atoms with Gasteiger partial charge in [-0.2, -0.15) is 5.26 Å². The number of hydrogen-bond donors (Lipinski definition) is 1. The fraction of sp³-hybridized carbons (Fsp3) is 0.462. The predicted molar refractivity (Wildman–Crippen MR) is 73.8 cm³/mol. The van der Waals surface area contributed by atoms with Crippen LogP contribution in [-0.2, 0) is 6.54 Å². The Morgan fingerprint density at radius 1 is 1.58 bits per heavy atom. The van der Waals surface area contributed by atoms with Crippen molar-refractivity contribution in [1.29, 1.82) is 5.26 Å². The van der Waals surface area contributed by atoms with Crippen LogP contribution in [0.25, 0.3) is 0 Å². The molecule has 0 bridgehead atoms. The fourth-order valence-electron chi connectivity index (χ4n) is 1.77. The Morgan fingerprint density at radius 2 is 2.26 bits per heavy atom. The third-order valence-corrected chi connectivity index (χ3v) is 3.10. The summed E-state index contributed by atoms with van der Waals surface area (Å²) in [5.41, 5.74) is 1.55. The molecule has 1 aromatic carbocycles. The lowest BCUT2D eigenvalue weighted by atomic mass is 10.1. The first-order valence-corrected chi connectivity index (χ1v) is 6.01. The fourth-order valence-corrected chi connectivity index (χ4v) is 1.77. The van der Waals surface area contributed by atoms with Crippen LogP contribution in [0.15, 0.2) is 18.2 Å². The molecule has 19 heavy (non-hydrogen) atoms. The van der Waals surface area contributed by atoms with E-state index in [0.29, 0.717) is 18.7 Å². The molecule has 1 aromatic rings. The Hall–Kier alpha value is -2.13. The summed E-state index contributed by atoms with van der Waals surface area (Å²) in [6, 6.07) is 7.31. The lowest BCUT2D eigenvalue weighted by Crippen LogP contribution is -2.28. The molecule has 0 spiro atoms. The van der Waals surface area contributed by atoms with E-state index in [2.05, 4.69) is 11.4 Å². The maximum Gasteiger partial charge on any atom is 0.292 e. The number of nitro groups is 1. The highest BCUT2D eigenvalue weighted by Gasteiger charge is 2.15. The van der Waals surface area contributed by atoms with Crippen molar-refractivity contribution < 1.29 is 4.92 Å². The number of nitriles is 1. The topological polar surface area (TPSA) is 82.2 Å². The van der Waals surface area contributed by atoms with Gasteiger partial charge in [0.05, 0.1) is 17.4 Å². The van der Waals surface area contributed by atoms with Crippen molar-refractivity contribution in [2.75, 3.05) is 19.4 Å². The molecule has 102 valence electrons. The summed E-state index contributed by atoms with van der Waals surface area (Å²) in [5, 5.41) is 22.3. The Kier molecular flexibility index (Phi) is 5.27. The van der Waals surface area contributed by atoms with Crippen LogP contribution in [0.2, 0.25) is 0 Å². The molecule has 1 N–H and O–H groups in total. The first-order chi connectivity index (χ1) is 8.99. The van der Waals surface area contributed by atoms with E-state index in [0.717, 1.165) is 5.56 Å². The number of rotatable bonds is 6. The average molecular weight is 262 g/mol. The molecule has 0 saturated heterocycles. The molecule has 0 aliphatic rings. The smallest absolute Gasteiger partial charge is 0.292 e. The highest BCUT2D eigenvalue weighted by molar-refractivity contribution is 5.62. The highest BCUT2D eigenvalue weighted by Crippen LogP contribution is 2.25. The van der Waals surface area contributed by atoms with Gasteiger partial charge in [0.15, 0.2) is 0 Å². The molecule has 0 saturated carbocycles. The van der Waals surface area contributed by atoms with E-state index in [1.165, 1.54) is 6.07 Å². The Labute approximate surface area is 112 Å². The number of benzene rings is 1. The molecule has 1 atom stereocenters. The van der Waals surface area contributed by atoms with Crippen molar-refractivity contribution in [3.05, 3.63) is 33.9 Å². The van der Waals surface area contributed by atoms with E-state index < -0.39 is 4.92 Å². The quantitative estimate of drug-likeness (QED) is 0.628. The summed E-state index contributed by atoms with van der Waals surface area (Å²) >= 11 is 0. The standard InChI is InChI=1S/C13H18N4O2/c1-10(6-7-14)16(3)9-11-4-5-13(17(18)19)12(8-11)15-2/h4-5,8,10,15H,6,9H2,1-3H3. The molecular weight excluding hydrogens is 244 g/mol. The highest BCUT2D eigenvalue weighted by atomic mass is 16.6. The van der Waals surface area contributed by atoms with Gasteiger partial charge in [0, 0.05) is 25.7 Å². The van der Waals surface area contributed by atoms with E-state index in [4.69, 9.17) is 5.26 Å². The van der Waals surface area contributed by atoms with Crippen LogP contribution in [0.3, 0.4) is 0 Å². The Balaban J connectivity index is 2.86. The molecule has 1 rings (SSSR count). The third kappa shape index (κ3) is 3.93. The van der Waals surface area contributed by atoms with Crippen LogP contribution in [-0.4, -0.2) is 30.0 Å². The number of anilines is 1. The van der Waals surface area contributed by atoms with Gasteiger partial charge in [-0.3, -0.25) is 15.0 Å². The summed E-state index contributed by atoms with van der Waals surface area (Å²) in [4.78, 5) is 12.5. The van der Waals surface area contributed by atoms with E-state index >= 15 is 0 Å². The van der Waals surface area contributed by atoms with Gasteiger partial charge in [0.1, 0.15) is 5.69 Å². The summed E-state index contributed by atoms with van der Waals surface area (Å²) in [6.45, 7) is 2.63. The van der Waals surface area contributed by atoms with Crippen LogP contribution >= 0.6 is 0 Å². The van der Waals surface area contributed by atoms with E-state index in [1.54, 1.807) is 19.2 Å². The molecule has 1 unspecified atom stereocenters. The average Bonchev–Trinajstić information content (AvgIpc) is 2.38. The van der Waals surface area contributed by atoms with Crippen LogP contribution in [0.4, 0.5) is 11.4 Å². The van der Waals surface area contributed by atoms with Gasteiger partial charge in [-0.25, -0.2) is 0 Å². The zero-order valence-corrected chi connectivity index (χ0v) is 11.4. The number of nitro benzene ring substituents is 1. The largest absolute Gasteiger partial charge is 0.383 e. The van der Waals surface area contributed by atoms with Crippen LogP contribution < -0.4 is 5.32 Å². The van der Waals surface area contributed by atoms with Gasteiger partial charge in [-0.1, -0.05) is 6.07 Å². The van der Waals surface area contributed by atoms with E-state index in [9.17, 15) is 10.1 Å². The molecule has 0 amide bonds. The van der Waals surface area contributed by atoms with Gasteiger partial charge in [0.2, 0.25) is 0 Å². The van der Waals surface area contributed by atoms with Gasteiger partial charge < -0.3 is 5.32 Å². The zero-order chi connectivity index (χ0) is 14.4. The van der Waals surface area contributed by atoms with Crippen molar-refractivity contribution in [3.8, 4) is 6.07 Å². The molecule has 0 heterocycles. The summed E-state index contributed by atoms with van der Waals surface area (Å²) < 4.78 is 0. The monoisotopic (exact) mass is 262 g/mol. The first kappa shape index (κ1) is 14.9. The lowest BCUT2D eigenvalue weighted by molar-refractivity contribution is -0.384. The minimum atomic E-state index is -0.405. The lowest BCUT2D eigenvalue weighted by Gasteiger charge is -2.22. The second kappa shape index (κ2) is 6.71. The number of hydrogen-bond acceptors (Lipinski definition) is 5. The number of nitrogens with one attached hydrogen (secondary N) is 1. The SMILES string of the molecule is CNc1cc(CN(C)C(C)CC#N)ccc1[N+](=O)[O-]. The molecule has 6 heteroatoms. The third-order valence-electron chi connectivity index (χ3n) is 3.10. The Morgan fingerprint density at radius 3 is 2.79 bits per heavy atom. The molecule has 0 radical (unpaired) electrons. The summed E-state index contributed by atoms with van der Waals surface area (Å²) in [6.07, 6.45) is 0.461. The Bertz CT molecular complexity index is 496. The second-order valence-electron chi connectivity index (χ2n) is 4.48. The van der Waals surface area contributed by atoms with Crippen molar-refractivity contribution in [1.82, 2.24) is 4.90 Å². The predicted octanol–water partition coefficient (Wildman–Crippen LogP) is 2.37. The summed E-state index contributed by atoms with van der Waals surface area (Å²) in [5.74, 6) is 0. The van der Waals surface area contributed by atoms with Crippen molar-refractivity contribution in [2.45, 2.75) is 25.9 Å². The molecule has 0 aliphatic heterocycles. The zero-order valence-electron chi connectivity index (χ0n) is 11.4. The minimum absolute atomic E-state index is 0.0685. The molecule has 0 aromatic heterocycles. The first-order valence-electron chi connectivity index (χ1n) is 6.01.